The van der Waals surface area contributed by atoms with E-state index in [0.717, 1.165) is 0 Å². The summed E-state index contributed by atoms with van der Waals surface area (Å²) in [6, 6.07) is -0.378. The molecule has 0 aromatic rings. The number of ether oxygens (including phenoxy) is 1. The highest BCUT2D eigenvalue weighted by atomic mass is 35.5. The van der Waals surface area contributed by atoms with E-state index in [1.807, 2.05) is 6.92 Å². The summed E-state index contributed by atoms with van der Waals surface area (Å²) in [4.78, 5) is 12.9. The number of methoxy groups -OCH3 is 1. The van der Waals surface area contributed by atoms with Crippen molar-refractivity contribution in [2.24, 2.45) is 0 Å². The predicted octanol–water partition coefficient (Wildman–Crippen LogP) is 0.681. The average Bonchev–Trinajstić information content (AvgIpc) is 1.90. The number of esters is 1. The van der Waals surface area contributed by atoms with Crippen molar-refractivity contribution in [1.29, 1.82) is 0 Å². The molecule has 0 saturated heterocycles. The number of rotatable bonds is 3. The molecule has 0 aliphatic rings. The summed E-state index contributed by atoms with van der Waals surface area (Å²) in [5, 5.41) is 0. The van der Waals surface area contributed by atoms with Crippen molar-refractivity contribution < 1.29 is 9.53 Å². The third-order valence-electron chi connectivity index (χ3n) is 1.03. The lowest BCUT2D eigenvalue weighted by Crippen LogP contribution is -2.30. The van der Waals surface area contributed by atoms with Crippen LogP contribution in [0.25, 0.3) is 0 Å². The number of hydrogen-bond acceptors (Lipinski definition) is 3. The third-order valence-corrected chi connectivity index (χ3v) is 1.29. The molecule has 0 heterocycles. The summed E-state index contributed by atoms with van der Waals surface area (Å²) in [6.45, 7) is 1.84. The maximum Gasteiger partial charge on any atom is 0.324 e. The number of carbonyl (C=O) groups excluding carboxylic acids is 1. The highest BCUT2D eigenvalue weighted by Crippen LogP contribution is 1.93. The Kier molecular flexibility index (Phi) is 4.44. The largest absolute Gasteiger partial charge is 0.468 e. The van der Waals surface area contributed by atoms with Gasteiger partial charge in [-0.3, -0.25) is 4.79 Å². The smallest absolute Gasteiger partial charge is 0.324 e. The molecule has 0 aliphatic heterocycles. The molecule has 1 atom stereocenters. The first kappa shape index (κ1) is 8.72. The Morgan fingerprint density at radius 2 is 2.44 bits per heavy atom. The predicted molar refractivity (Wildman–Crippen MR) is 35.1 cm³/mol. The minimum Gasteiger partial charge on any atom is -0.468 e. The van der Waals surface area contributed by atoms with Crippen LogP contribution < -0.4 is 4.84 Å². The maximum absolute atomic E-state index is 10.6. The molecular formula is C5H10ClNO2. The van der Waals surface area contributed by atoms with Crippen LogP contribution in [0.2, 0.25) is 0 Å². The first-order valence-corrected chi connectivity index (χ1v) is 3.08. The molecule has 0 saturated carbocycles. The van der Waals surface area contributed by atoms with Crippen LogP contribution in [0.4, 0.5) is 0 Å². The van der Waals surface area contributed by atoms with Crippen molar-refractivity contribution >= 4 is 17.7 Å². The van der Waals surface area contributed by atoms with E-state index in [4.69, 9.17) is 11.8 Å². The Hall–Kier alpha value is -0.280. The minimum atomic E-state index is -0.378. The van der Waals surface area contributed by atoms with Gasteiger partial charge >= 0.3 is 5.97 Å². The quantitative estimate of drug-likeness (QED) is 0.476. The van der Waals surface area contributed by atoms with E-state index in [1.54, 1.807) is 0 Å². The van der Waals surface area contributed by atoms with E-state index in [2.05, 4.69) is 9.57 Å². The SMILES string of the molecule is CCC(NCl)C(=O)OC. The van der Waals surface area contributed by atoms with E-state index in [0.29, 0.717) is 6.42 Å². The molecule has 0 fully saturated rings. The molecule has 1 unspecified atom stereocenters. The van der Waals surface area contributed by atoms with E-state index >= 15 is 0 Å². The molecule has 9 heavy (non-hydrogen) atoms. The lowest BCUT2D eigenvalue weighted by molar-refractivity contribution is -0.142. The van der Waals surface area contributed by atoms with Gasteiger partial charge in [-0.1, -0.05) is 6.92 Å². The summed E-state index contributed by atoms with van der Waals surface area (Å²) in [6.07, 6.45) is 0.635. The first-order chi connectivity index (χ1) is 4.26. The van der Waals surface area contributed by atoms with Gasteiger partial charge < -0.3 is 4.74 Å². The van der Waals surface area contributed by atoms with Crippen LogP contribution in [-0.2, 0) is 9.53 Å². The van der Waals surface area contributed by atoms with Gasteiger partial charge in [0, 0.05) is 0 Å². The molecule has 1 N–H and O–H groups in total. The zero-order chi connectivity index (χ0) is 7.28. The number of halogens is 1. The van der Waals surface area contributed by atoms with Gasteiger partial charge in [0.15, 0.2) is 0 Å². The standard InChI is InChI=1S/C5H10ClNO2/c1-3-4(7-6)5(8)9-2/h4,7H,3H2,1-2H3. The van der Waals surface area contributed by atoms with Crippen molar-refractivity contribution in [3.8, 4) is 0 Å². The lowest BCUT2D eigenvalue weighted by atomic mass is 10.2. The summed E-state index contributed by atoms with van der Waals surface area (Å²) in [5.41, 5.74) is 0. The third kappa shape index (κ3) is 2.67. The fourth-order valence-corrected chi connectivity index (χ4v) is 0.674. The second-order valence-corrected chi connectivity index (χ2v) is 1.81. The molecule has 0 aromatic heterocycles. The fourth-order valence-electron chi connectivity index (χ4n) is 0.431. The summed E-state index contributed by atoms with van der Waals surface area (Å²) in [7, 11) is 1.33. The Morgan fingerprint density at radius 3 is 2.56 bits per heavy atom. The maximum atomic E-state index is 10.6. The van der Waals surface area contributed by atoms with Gasteiger partial charge in [-0.25, -0.2) is 4.84 Å². The van der Waals surface area contributed by atoms with E-state index in [-0.39, 0.29) is 12.0 Å². The monoisotopic (exact) mass is 151 g/mol. The second-order valence-electron chi connectivity index (χ2n) is 1.59. The van der Waals surface area contributed by atoms with E-state index in [1.165, 1.54) is 7.11 Å². The lowest BCUT2D eigenvalue weighted by Gasteiger charge is -2.07. The van der Waals surface area contributed by atoms with Crippen molar-refractivity contribution in [1.82, 2.24) is 4.84 Å². The van der Waals surface area contributed by atoms with E-state index in [9.17, 15) is 4.79 Å². The van der Waals surface area contributed by atoms with Gasteiger partial charge in [0.05, 0.1) is 7.11 Å². The normalized spacial score (nSPS) is 12.8. The van der Waals surface area contributed by atoms with Crippen LogP contribution >= 0.6 is 11.8 Å². The number of nitrogens with one attached hydrogen (secondary N) is 1. The molecule has 0 radical (unpaired) electrons. The topological polar surface area (TPSA) is 38.3 Å². The highest BCUT2D eigenvalue weighted by Gasteiger charge is 2.13. The summed E-state index contributed by atoms with van der Waals surface area (Å²) < 4.78 is 4.41. The van der Waals surface area contributed by atoms with Gasteiger partial charge in [-0.05, 0) is 18.2 Å². The van der Waals surface area contributed by atoms with Crippen molar-refractivity contribution in [2.45, 2.75) is 19.4 Å². The molecule has 54 valence electrons. The molecule has 0 bridgehead atoms. The van der Waals surface area contributed by atoms with Gasteiger partial charge in [0.2, 0.25) is 0 Å². The summed E-state index contributed by atoms with van der Waals surface area (Å²) in [5.74, 6) is -0.326. The van der Waals surface area contributed by atoms with Gasteiger partial charge in [0.25, 0.3) is 0 Å². The van der Waals surface area contributed by atoms with E-state index < -0.39 is 0 Å². The van der Waals surface area contributed by atoms with Gasteiger partial charge in [0.1, 0.15) is 6.04 Å². The van der Waals surface area contributed by atoms with Gasteiger partial charge in [-0.2, -0.15) is 0 Å². The zero-order valence-electron chi connectivity index (χ0n) is 5.48. The second kappa shape index (κ2) is 4.58. The summed E-state index contributed by atoms with van der Waals surface area (Å²) >= 11 is 5.19. The van der Waals surface area contributed by atoms with Crippen LogP contribution in [-0.4, -0.2) is 19.1 Å². The Balaban J connectivity index is 3.64. The van der Waals surface area contributed by atoms with Crippen LogP contribution in [0.3, 0.4) is 0 Å². The molecule has 3 nitrogen and oxygen atoms in total. The molecule has 0 rings (SSSR count). The Bertz CT molecular complexity index is 93.0. The van der Waals surface area contributed by atoms with Crippen molar-refractivity contribution in [3.63, 3.8) is 0 Å². The highest BCUT2D eigenvalue weighted by molar-refractivity contribution is 6.14. The average molecular weight is 152 g/mol. The Labute approximate surface area is 59.4 Å². The number of carbonyl (C=O) groups is 1. The molecule has 0 aromatic carbocycles. The van der Waals surface area contributed by atoms with Crippen LogP contribution in [0.15, 0.2) is 0 Å². The van der Waals surface area contributed by atoms with Gasteiger partial charge in [-0.15, -0.1) is 0 Å². The Morgan fingerprint density at radius 1 is 1.89 bits per heavy atom. The van der Waals surface area contributed by atoms with Crippen LogP contribution in [0.5, 0.6) is 0 Å². The van der Waals surface area contributed by atoms with Crippen LogP contribution in [0, 0.1) is 0 Å². The zero-order valence-corrected chi connectivity index (χ0v) is 6.23. The minimum absolute atomic E-state index is 0.326. The first-order valence-electron chi connectivity index (χ1n) is 2.70. The molecule has 4 heteroatoms. The molecular weight excluding hydrogens is 142 g/mol. The molecule has 0 spiro atoms. The van der Waals surface area contributed by atoms with Crippen molar-refractivity contribution in [2.75, 3.05) is 7.11 Å². The molecule has 0 amide bonds. The molecule has 0 aliphatic carbocycles. The van der Waals surface area contributed by atoms with Crippen LogP contribution in [0.1, 0.15) is 13.3 Å². The fraction of sp³-hybridized carbons (Fsp3) is 0.800. The number of hydrogen-bond donors (Lipinski definition) is 1. The van der Waals surface area contributed by atoms with Crippen molar-refractivity contribution in [3.05, 3.63) is 0 Å².